The maximum Gasteiger partial charge on any atom is 0.128 e. The van der Waals surface area contributed by atoms with Crippen LogP contribution in [0.5, 0.6) is 11.5 Å². The molecule has 0 aliphatic rings. The van der Waals surface area contributed by atoms with E-state index in [0.717, 1.165) is 0 Å². The molecule has 1 rings (SSSR count). The largest absolute Gasteiger partial charge is 0.497 e. The molecule has 0 saturated carbocycles. The predicted molar refractivity (Wildman–Crippen MR) is 73.1 cm³/mol. The molecule has 0 bridgehead atoms. The molecule has 0 fully saturated rings. The van der Waals surface area contributed by atoms with Gasteiger partial charge in [0.2, 0.25) is 0 Å². The molecule has 6 nitrogen and oxygen atoms in total. The van der Waals surface area contributed by atoms with Crippen LogP contribution in [-0.4, -0.2) is 57.0 Å². The van der Waals surface area contributed by atoms with Crippen LogP contribution in [0.3, 0.4) is 0 Å². The molecule has 1 atom stereocenters. The first-order valence-electron chi connectivity index (χ1n) is 6.36. The van der Waals surface area contributed by atoms with Crippen molar-refractivity contribution >= 4 is 0 Å². The van der Waals surface area contributed by atoms with E-state index in [1.54, 1.807) is 32.4 Å². The lowest BCUT2D eigenvalue weighted by Crippen LogP contribution is -2.24. The molecule has 0 aliphatic heterocycles. The first-order chi connectivity index (χ1) is 9.71. The van der Waals surface area contributed by atoms with E-state index in [0.29, 0.717) is 30.3 Å². The molecular formula is C14H22O6. The van der Waals surface area contributed by atoms with Crippen LogP contribution in [0.1, 0.15) is 5.56 Å². The van der Waals surface area contributed by atoms with E-state index in [-0.39, 0.29) is 19.8 Å². The molecule has 0 saturated heterocycles. The minimum absolute atomic E-state index is 0.0765. The summed E-state index contributed by atoms with van der Waals surface area (Å²) in [5.41, 5.74) is 0.637. The van der Waals surface area contributed by atoms with Crippen molar-refractivity contribution in [2.45, 2.75) is 12.7 Å². The Balaban J connectivity index is 2.43. The summed E-state index contributed by atoms with van der Waals surface area (Å²) in [7, 11) is 3.14. The molecule has 6 heteroatoms. The molecule has 0 aliphatic carbocycles. The van der Waals surface area contributed by atoms with Crippen LogP contribution in [-0.2, 0) is 16.1 Å². The number of aliphatic hydroxyl groups excluding tert-OH is 2. The molecule has 114 valence electrons. The van der Waals surface area contributed by atoms with Gasteiger partial charge in [-0.1, -0.05) is 0 Å². The van der Waals surface area contributed by atoms with E-state index in [1.165, 1.54) is 0 Å². The lowest BCUT2D eigenvalue weighted by Gasteiger charge is -2.15. The third-order valence-corrected chi connectivity index (χ3v) is 2.62. The molecule has 0 spiro atoms. The Morgan fingerprint density at radius 3 is 2.60 bits per heavy atom. The second kappa shape index (κ2) is 9.55. The van der Waals surface area contributed by atoms with Gasteiger partial charge in [-0.2, -0.15) is 0 Å². The van der Waals surface area contributed by atoms with Crippen molar-refractivity contribution < 1.29 is 29.2 Å². The van der Waals surface area contributed by atoms with Gasteiger partial charge in [0, 0.05) is 18.7 Å². The molecule has 1 aromatic carbocycles. The lowest BCUT2D eigenvalue weighted by atomic mass is 10.2. The topological polar surface area (TPSA) is 77.4 Å². The quantitative estimate of drug-likeness (QED) is 0.613. The van der Waals surface area contributed by atoms with Crippen molar-refractivity contribution in [3.8, 4) is 11.5 Å². The molecule has 1 aromatic rings. The van der Waals surface area contributed by atoms with Crippen molar-refractivity contribution in [3.63, 3.8) is 0 Å². The SMILES string of the molecule is COCCOCC(O)COc1cc(OC)ccc1CO. The summed E-state index contributed by atoms with van der Waals surface area (Å²) >= 11 is 0. The zero-order valence-electron chi connectivity index (χ0n) is 11.9. The average Bonchev–Trinajstić information content (AvgIpc) is 2.49. The predicted octanol–water partition coefficient (Wildman–Crippen LogP) is 0.590. The molecule has 0 aromatic heterocycles. The Bertz CT molecular complexity index is 382. The summed E-state index contributed by atoms with van der Waals surface area (Å²) in [6.07, 6.45) is -0.746. The van der Waals surface area contributed by atoms with Crippen molar-refractivity contribution in [3.05, 3.63) is 23.8 Å². The first-order valence-corrected chi connectivity index (χ1v) is 6.36. The Labute approximate surface area is 118 Å². The summed E-state index contributed by atoms with van der Waals surface area (Å²) in [5, 5.41) is 18.9. The van der Waals surface area contributed by atoms with Gasteiger partial charge in [0.15, 0.2) is 0 Å². The highest BCUT2D eigenvalue weighted by molar-refractivity contribution is 5.40. The number of rotatable bonds is 10. The zero-order valence-corrected chi connectivity index (χ0v) is 11.9. The summed E-state index contributed by atoms with van der Waals surface area (Å²) in [6, 6.07) is 5.13. The average molecular weight is 286 g/mol. The fourth-order valence-corrected chi connectivity index (χ4v) is 1.52. The van der Waals surface area contributed by atoms with Gasteiger partial charge in [-0.15, -0.1) is 0 Å². The number of hydrogen-bond donors (Lipinski definition) is 2. The van der Waals surface area contributed by atoms with Crippen LogP contribution in [0.15, 0.2) is 18.2 Å². The van der Waals surface area contributed by atoms with E-state index >= 15 is 0 Å². The van der Waals surface area contributed by atoms with Gasteiger partial charge in [-0.3, -0.25) is 0 Å². The van der Waals surface area contributed by atoms with Gasteiger partial charge in [0.1, 0.15) is 24.2 Å². The highest BCUT2D eigenvalue weighted by Gasteiger charge is 2.09. The fraction of sp³-hybridized carbons (Fsp3) is 0.571. The Kier molecular flexibility index (Phi) is 7.98. The zero-order chi connectivity index (χ0) is 14.8. The molecule has 2 N–H and O–H groups in total. The van der Waals surface area contributed by atoms with Crippen molar-refractivity contribution in [2.75, 3.05) is 40.6 Å². The monoisotopic (exact) mass is 286 g/mol. The normalized spacial score (nSPS) is 12.2. The summed E-state index contributed by atoms with van der Waals surface area (Å²) < 4.78 is 20.6. The van der Waals surface area contributed by atoms with Crippen LogP contribution in [0.25, 0.3) is 0 Å². The van der Waals surface area contributed by atoms with Gasteiger partial charge in [0.25, 0.3) is 0 Å². The van der Waals surface area contributed by atoms with Crippen molar-refractivity contribution in [1.82, 2.24) is 0 Å². The van der Waals surface area contributed by atoms with E-state index in [2.05, 4.69) is 0 Å². The van der Waals surface area contributed by atoms with Crippen molar-refractivity contribution in [2.24, 2.45) is 0 Å². The smallest absolute Gasteiger partial charge is 0.128 e. The van der Waals surface area contributed by atoms with Crippen molar-refractivity contribution in [1.29, 1.82) is 0 Å². The van der Waals surface area contributed by atoms with Crippen LogP contribution >= 0.6 is 0 Å². The Hall–Kier alpha value is -1.34. The highest BCUT2D eigenvalue weighted by atomic mass is 16.5. The second-order valence-corrected chi connectivity index (χ2v) is 4.16. The molecule has 1 unspecified atom stereocenters. The number of benzene rings is 1. The minimum atomic E-state index is -0.746. The first kappa shape index (κ1) is 16.7. The standard InChI is InChI=1S/C14H22O6/c1-17-5-6-19-9-12(16)10-20-14-7-13(18-2)4-3-11(14)8-15/h3-4,7,12,15-16H,5-6,8-10H2,1-2H3. The van der Waals surface area contributed by atoms with E-state index in [1.807, 2.05) is 0 Å². The Morgan fingerprint density at radius 2 is 1.95 bits per heavy atom. The minimum Gasteiger partial charge on any atom is -0.497 e. The highest BCUT2D eigenvalue weighted by Crippen LogP contribution is 2.24. The molecular weight excluding hydrogens is 264 g/mol. The lowest BCUT2D eigenvalue weighted by molar-refractivity contribution is -0.00448. The number of aliphatic hydroxyl groups is 2. The van der Waals surface area contributed by atoms with Crippen LogP contribution in [0, 0.1) is 0 Å². The summed E-state index contributed by atoms with van der Waals surface area (Å²) in [5.74, 6) is 1.12. The van der Waals surface area contributed by atoms with E-state index in [9.17, 15) is 10.2 Å². The third kappa shape index (κ3) is 5.75. The van der Waals surface area contributed by atoms with Crippen LogP contribution in [0.2, 0.25) is 0 Å². The van der Waals surface area contributed by atoms with Gasteiger partial charge in [-0.05, 0) is 12.1 Å². The van der Waals surface area contributed by atoms with Gasteiger partial charge >= 0.3 is 0 Å². The maximum absolute atomic E-state index is 9.72. The second-order valence-electron chi connectivity index (χ2n) is 4.16. The molecule has 0 radical (unpaired) electrons. The summed E-state index contributed by atoms with van der Waals surface area (Å²) in [6.45, 7) is 1.02. The third-order valence-electron chi connectivity index (χ3n) is 2.62. The molecule has 0 amide bonds. The maximum atomic E-state index is 9.72. The van der Waals surface area contributed by atoms with E-state index < -0.39 is 6.10 Å². The van der Waals surface area contributed by atoms with Gasteiger partial charge < -0.3 is 29.2 Å². The number of methoxy groups -OCH3 is 2. The van der Waals surface area contributed by atoms with Crippen LogP contribution in [0.4, 0.5) is 0 Å². The number of ether oxygens (including phenoxy) is 4. The Morgan fingerprint density at radius 1 is 1.15 bits per heavy atom. The van der Waals surface area contributed by atoms with Gasteiger partial charge in [0.05, 0.1) is 33.5 Å². The van der Waals surface area contributed by atoms with Crippen LogP contribution < -0.4 is 9.47 Å². The number of hydrogen-bond acceptors (Lipinski definition) is 6. The molecule has 20 heavy (non-hydrogen) atoms. The summed E-state index contributed by atoms with van der Waals surface area (Å²) in [4.78, 5) is 0. The van der Waals surface area contributed by atoms with E-state index in [4.69, 9.17) is 18.9 Å². The van der Waals surface area contributed by atoms with Gasteiger partial charge in [-0.25, -0.2) is 0 Å². The fourth-order valence-electron chi connectivity index (χ4n) is 1.52. The molecule has 0 heterocycles.